The molecule has 2 aliphatic carbocycles. The molecule has 0 spiro atoms. The number of nitrogens with one attached hydrogen (secondary N) is 1. The molecular weight excluding hydrogens is 264 g/mol. The molecule has 0 aliphatic heterocycles. The van der Waals surface area contributed by atoms with Crippen molar-refractivity contribution in [2.45, 2.75) is 82.9 Å². The van der Waals surface area contributed by atoms with Crippen molar-refractivity contribution in [3.8, 4) is 0 Å². The highest BCUT2D eigenvalue weighted by Gasteiger charge is 2.28. The average Bonchev–Trinajstić information content (AvgIpc) is 2.49. The van der Waals surface area contributed by atoms with Crippen LogP contribution in [0.25, 0.3) is 0 Å². The Balaban J connectivity index is 1.77. The van der Waals surface area contributed by atoms with Crippen LogP contribution in [0.15, 0.2) is 0 Å². The van der Waals surface area contributed by atoms with Gasteiger partial charge in [0.05, 0.1) is 12.1 Å². The molecule has 21 heavy (non-hydrogen) atoms. The SMILES string of the molecule is CC(C(=O)NC1CCCCC1)N(C)CC1CCCCC1O. The average molecular weight is 296 g/mol. The number of likely N-dealkylation sites (N-methyl/N-ethyl adjacent to an activating group) is 1. The third-order valence-corrected chi connectivity index (χ3v) is 5.38. The van der Waals surface area contributed by atoms with Gasteiger partial charge in [-0.2, -0.15) is 0 Å². The van der Waals surface area contributed by atoms with Gasteiger partial charge < -0.3 is 10.4 Å². The number of rotatable bonds is 5. The second kappa shape index (κ2) is 8.14. The monoisotopic (exact) mass is 296 g/mol. The third kappa shape index (κ3) is 4.96. The van der Waals surface area contributed by atoms with Gasteiger partial charge >= 0.3 is 0 Å². The van der Waals surface area contributed by atoms with Gasteiger partial charge in [0.2, 0.25) is 5.91 Å². The number of nitrogens with zero attached hydrogens (tertiary/aromatic N) is 1. The first kappa shape index (κ1) is 16.8. The first-order valence-electron chi connectivity index (χ1n) is 8.76. The van der Waals surface area contributed by atoms with E-state index in [0.29, 0.717) is 12.0 Å². The fourth-order valence-electron chi connectivity index (χ4n) is 3.70. The summed E-state index contributed by atoms with van der Waals surface area (Å²) in [5.74, 6) is 0.475. The van der Waals surface area contributed by atoms with Gasteiger partial charge in [0.1, 0.15) is 0 Å². The van der Waals surface area contributed by atoms with Crippen molar-refractivity contribution >= 4 is 5.91 Å². The summed E-state index contributed by atoms with van der Waals surface area (Å²) in [7, 11) is 2.01. The van der Waals surface area contributed by atoms with Crippen molar-refractivity contribution in [1.82, 2.24) is 10.2 Å². The van der Waals surface area contributed by atoms with Gasteiger partial charge in [-0.3, -0.25) is 9.69 Å². The number of hydrogen-bond donors (Lipinski definition) is 2. The summed E-state index contributed by atoms with van der Waals surface area (Å²) in [6, 6.07) is 0.267. The zero-order valence-corrected chi connectivity index (χ0v) is 13.7. The molecule has 1 amide bonds. The molecule has 2 N–H and O–H groups in total. The maximum atomic E-state index is 12.4. The van der Waals surface area contributed by atoms with Crippen molar-refractivity contribution in [3.05, 3.63) is 0 Å². The Hall–Kier alpha value is -0.610. The molecule has 2 fully saturated rings. The number of aliphatic hydroxyl groups is 1. The van der Waals surface area contributed by atoms with Crippen LogP contribution in [0.2, 0.25) is 0 Å². The van der Waals surface area contributed by atoms with Gasteiger partial charge in [0.15, 0.2) is 0 Å². The van der Waals surface area contributed by atoms with Crippen molar-refractivity contribution < 1.29 is 9.90 Å². The van der Waals surface area contributed by atoms with Crippen LogP contribution >= 0.6 is 0 Å². The molecule has 3 unspecified atom stereocenters. The summed E-state index contributed by atoms with van der Waals surface area (Å²) in [5, 5.41) is 13.3. The van der Waals surface area contributed by atoms with Crippen LogP contribution in [0, 0.1) is 5.92 Å². The lowest BCUT2D eigenvalue weighted by Gasteiger charge is -2.34. The van der Waals surface area contributed by atoms with E-state index in [-0.39, 0.29) is 18.1 Å². The van der Waals surface area contributed by atoms with Gasteiger partial charge in [-0.25, -0.2) is 0 Å². The van der Waals surface area contributed by atoms with E-state index in [1.165, 1.54) is 25.7 Å². The smallest absolute Gasteiger partial charge is 0.237 e. The summed E-state index contributed by atoms with van der Waals surface area (Å²) >= 11 is 0. The van der Waals surface area contributed by atoms with E-state index in [9.17, 15) is 9.90 Å². The van der Waals surface area contributed by atoms with Gasteiger partial charge in [-0.05, 0) is 45.6 Å². The fourth-order valence-corrected chi connectivity index (χ4v) is 3.70. The predicted octanol–water partition coefficient (Wildman–Crippen LogP) is 2.31. The van der Waals surface area contributed by atoms with Crippen molar-refractivity contribution in [3.63, 3.8) is 0 Å². The Kier molecular flexibility index (Phi) is 6.49. The summed E-state index contributed by atoms with van der Waals surface area (Å²) in [6.45, 7) is 2.80. The lowest BCUT2D eigenvalue weighted by Crippen LogP contribution is -2.49. The molecular formula is C17H32N2O2. The van der Waals surface area contributed by atoms with Gasteiger partial charge in [0.25, 0.3) is 0 Å². The number of hydrogen-bond acceptors (Lipinski definition) is 3. The third-order valence-electron chi connectivity index (χ3n) is 5.38. The van der Waals surface area contributed by atoms with Crippen molar-refractivity contribution in [2.24, 2.45) is 5.92 Å². The standard InChI is InChI=1S/C17H32N2O2/c1-13(17(21)18-15-9-4-3-5-10-15)19(2)12-14-8-6-7-11-16(14)20/h13-16,20H,3-12H2,1-2H3,(H,18,21). The molecule has 0 aromatic heterocycles. The minimum absolute atomic E-state index is 0.110. The van der Waals surface area contributed by atoms with Crippen LogP contribution in [-0.4, -0.2) is 47.7 Å². The molecule has 2 saturated carbocycles. The topological polar surface area (TPSA) is 52.6 Å². The molecule has 0 radical (unpaired) electrons. The summed E-state index contributed by atoms with van der Waals surface area (Å²) < 4.78 is 0. The van der Waals surface area contributed by atoms with Crippen molar-refractivity contribution in [2.75, 3.05) is 13.6 Å². The Morgan fingerprint density at radius 1 is 1.14 bits per heavy atom. The van der Waals surface area contributed by atoms with Gasteiger partial charge in [-0.15, -0.1) is 0 Å². The Labute approximate surface area is 129 Å². The van der Waals surface area contributed by atoms with Gasteiger partial charge in [0, 0.05) is 12.6 Å². The molecule has 0 aromatic carbocycles. The highest BCUT2D eigenvalue weighted by atomic mass is 16.3. The van der Waals surface area contributed by atoms with E-state index in [4.69, 9.17) is 0 Å². The molecule has 0 bridgehead atoms. The summed E-state index contributed by atoms with van der Waals surface area (Å²) in [4.78, 5) is 14.5. The Morgan fingerprint density at radius 2 is 1.76 bits per heavy atom. The predicted molar refractivity (Wildman–Crippen MR) is 85.1 cm³/mol. The van der Waals surface area contributed by atoms with Crippen molar-refractivity contribution in [1.29, 1.82) is 0 Å². The Bertz CT molecular complexity index is 329. The number of carbonyl (C=O) groups is 1. The van der Waals surface area contributed by atoms with E-state index >= 15 is 0 Å². The minimum atomic E-state index is -0.185. The molecule has 2 rings (SSSR count). The Morgan fingerprint density at radius 3 is 2.43 bits per heavy atom. The number of aliphatic hydroxyl groups excluding tert-OH is 1. The highest BCUT2D eigenvalue weighted by Crippen LogP contribution is 2.25. The van der Waals surface area contributed by atoms with E-state index in [0.717, 1.165) is 38.6 Å². The maximum absolute atomic E-state index is 12.4. The first-order valence-corrected chi connectivity index (χ1v) is 8.76. The molecule has 0 heterocycles. The normalized spacial score (nSPS) is 29.3. The largest absolute Gasteiger partial charge is 0.393 e. The lowest BCUT2D eigenvalue weighted by atomic mass is 9.86. The zero-order valence-electron chi connectivity index (χ0n) is 13.7. The number of carbonyl (C=O) groups excluding carboxylic acids is 1. The van der Waals surface area contributed by atoms with Crippen LogP contribution in [0.1, 0.15) is 64.7 Å². The summed E-state index contributed by atoms with van der Waals surface area (Å²) in [5.41, 5.74) is 0. The molecule has 4 nitrogen and oxygen atoms in total. The molecule has 0 saturated heterocycles. The first-order chi connectivity index (χ1) is 10.1. The molecule has 2 aliphatic rings. The lowest BCUT2D eigenvalue weighted by molar-refractivity contribution is -0.126. The molecule has 0 aromatic rings. The van der Waals surface area contributed by atoms with Crippen LogP contribution in [-0.2, 0) is 4.79 Å². The minimum Gasteiger partial charge on any atom is -0.393 e. The molecule has 4 heteroatoms. The maximum Gasteiger partial charge on any atom is 0.237 e. The quantitative estimate of drug-likeness (QED) is 0.818. The van der Waals surface area contributed by atoms with Gasteiger partial charge in [-0.1, -0.05) is 32.1 Å². The van der Waals surface area contributed by atoms with Crippen LogP contribution in [0.3, 0.4) is 0 Å². The van der Waals surface area contributed by atoms with Crippen LogP contribution < -0.4 is 5.32 Å². The second-order valence-corrected chi connectivity index (χ2v) is 7.07. The number of amides is 1. The van der Waals surface area contributed by atoms with Crippen LogP contribution in [0.4, 0.5) is 0 Å². The summed E-state index contributed by atoms with van der Waals surface area (Å²) in [6.07, 6.45) is 10.2. The van der Waals surface area contributed by atoms with E-state index in [1.54, 1.807) is 0 Å². The zero-order chi connectivity index (χ0) is 15.2. The molecule has 3 atom stereocenters. The molecule has 122 valence electrons. The van der Waals surface area contributed by atoms with E-state index in [2.05, 4.69) is 10.2 Å². The van der Waals surface area contributed by atoms with Crippen LogP contribution in [0.5, 0.6) is 0 Å². The highest BCUT2D eigenvalue weighted by molar-refractivity contribution is 5.81. The van der Waals surface area contributed by atoms with E-state index < -0.39 is 0 Å². The fraction of sp³-hybridized carbons (Fsp3) is 0.941. The second-order valence-electron chi connectivity index (χ2n) is 7.07. The van der Waals surface area contributed by atoms with E-state index in [1.807, 2.05) is 14.0 Å².